The van der Waals surface area contributed by atoms with Gasteiger partial charge in [-0.1, -0.05) is 48.5 Å². The minimum atomic E-state index is -0.629. The fraction of sp³-hybridized carbons (Fsp3) is 0.346. The molecule has 2 heterocycles. The molecule has 0 saturated carbocycles. The Morgan fingerprint density at radius 2 is 1.85 bits per heavy atom. The Hall–Kier alpha value is -3.65. The van der Waals surface area contributed by atoms with Crippen LogP contribution in [0.5, 0.6) is 11.5 Å². The van der Waals surface area contributed by atoms with Crippen LogP contribution in [0.2, 0.25) is 0 Å². The predicted molar refractivity (Wildman–Crippen MR) is 129 cm³/mol. The van der Waals surface area contributed by atoms with Crippen molar-refractivity contribution in [3.8, 4) is 11.5 Å². The summed E-state index contributed by atoms with van der Waals surface area (Å²) >= 11 is 0. The molecule has 0 spiro atoms. The van der Waals surface area contributed by atoms with Gasteiger partial charge in [-0.05, 0) is 37.1 Å². The third-order valence-corrected chi connectivity index (χ3v) is 6.10. The third-order valence-electron chi connectivity index (χ3n) is 6.10. The van der Waals surface area contributed by atoms with Gasteiger partial charge < -0.3 is 19.7 Å². The fourth-order valence-electron chi connectivity index (χ4n) is 4.51. The summed E-state index contributed by atoms with van der Waals surface area (Å²) in [5.41, 5.74) is 1.04. The normalized spacial score (nSPS) is 15.8. The molecule has 178 valence electrons. The second-order valence-electron chi connectivity index (χ2n) is 8.32. The number of ether oxygens (including phenoxy) is 1. The van der Waals surface area contributed by atoms with E-state index in [1.165, 1.54) is 5.56 Å². The summed E-state index contributed by atoms with van der Waals surface area (Å²) in [6.07, 6.45) is 2.83. The number of rotatable bonds is 11. The molecule has 1 fully saturated rings. The van der Waals surface area contributed by atoms with Crippen LogP contribution in [0.3, 0.4) is 0 Å². The molecule has 1 unspecified atom stereocenters. The van der Waals surface area contributed by atoms with Crippen LogP contribution in [-0.2, 0) is 24.3 Å². The average Bonchev–Trinajstić information content (AvgIpc) is 3.32. The molecule has 1 amide bonds. The van der Waals surface area contributed by atoms with E-state index in [1.807, 2.05) is 53.1 Å². The third kappa shape index (κ3) is 5.63. The molecule has 1 aromatic heterocycles. The van der Waals surface area contributed by atoms with E-state index in [2.05, 4.69) is 27.3 Å². The molecule has 0 bridgehead atoms. The molecular weight excluding hydrogens is 432 g/mol. The highest BCUT2D eigenvalue weighted by molar-refractivity contribution is 5.45. The molecule has 1 aliphatic rings. The molecule has 8 heteroatoms. The average molecular weight is 463 g/mol. The maximum atomic E-state index is 12.7. The molecule has 4 rings (SSSR count). The smallest absolute Gasteiger partial charge is 0.315 e. The monoisotopic (exact) mass is 462 g/mol. The van der Waals surface area contributed by atoms with E-state index < -0.39 is 5.56 Å². The van der Waals surface area contributed by atoms with Gasteiger partial charge in [-0.15, -0.1) is 0 Å². The number of hydrogen-bond donors (Lipinski definition) is 2. The number of amides is 1. The molecule has 0 radical (unpaired) electrons. The van der Waals surface area contributed by atoms with Gasteiger partial charge in [0, 0.05) is 26.1 Å². The van der Waals surface area contributed by atoms with Crippen LogP contribution in [0.4, 0.5) is 0 Å². The van der Waals surface area contributed by atoms with Crippen LogP contribution in [0.1, 0.15) is 36.0 Å². The van der Waals surface area contributed by atoms with Crippen molar-refractivity contribution in [1.29, 1.82) is 0 Å². The first-order valence-corrected chi connectivity index (χ1v) is 11.6. The van der Waals surface area contributed by atoms with E-state index in [1.54, 1.807) is 0 Å². The molecule has 3 aromatic rings. The van der Waals surface area contributed by atoms with Crippen molar-refractivity contribution < 1.29 is 14.6 Å². The predicted octanol–water partition coefficient (Wildman–Crippen LogP) is 2.65. The molecule has 1 aliphatic heterocycles. The lowest BCUT2D eigenvalue weighted by Gasteiger charge is -2.28. The second-order valence-corrected chi connectivity index (χ2v) is 8.32. The molecule has 2 aromatic carbocycles. The largest absolute Gasteiger partial charge is 0.502 e. The second kappa shape index (κ2) is 11.5. The number of carbonyl (C=O) groups is 1. The summed E-state index contributed by atoms with van der Waals surface area (Å²) in [4.78, 5) is 30.2. The summed E-state index contributed by atoms with van der Waals surface area (Å²) in [6, 6.07) is 19.6. The van der Waals surface area contributed by atoms with Crippen LogP contribution in [0.15, 0.2) is 65.5 Å². The number of hydrogen-bond acceptors (Lipinski definition) is 6. The van der Waals surface area contributed by atoms with Gasteiger partial charge in [-0.2, -0.15) is 4.98 Å². The minimum Gasteiger partial charge on any atom is -0.502 e. The van der Waals surface area contributed by atoms with Gasteiger partial charge in [0.05, 0.1) is 18.3 Å². The number of likely N-dealkylation sites (tertiary alicyclic amines) is 1. The van der Waals surface area contributed by atoms with Crippen molar-refractivity contribution in [1.82, 2.24) is 19.8 Å². The quantitative estimate of drug-likeness (QED) is 0.336. The fourth-order valence-corrected chi connectivity index (χ4v) is 4.51. The molecule has 34 heavy (non-hydrogen) atoms. The Morgan fingerprint density at radius 3 is 2.59 bits per heavy atom. The summed E-state index contributed by atoms with van der Waals surface area (Å²) in [5, 5.41) is 13.3. The van der Waals surface area contributed by atoms with E-state index >= 15 is 0 Å². The lowest BCUT2D eigenvalue weighted by atomic mass is 10.1. The molecule has 2 N–H and O–H groups in total. The zero-order chi connectivity index (χ0) is 23.8. The van der Waals surface area contributed by atoms with E-state index in [4.69, 9.17) is 4.74 Å². The summed E-state index contributed by atoms with van der Waals surface area (Å²) in [7, 11) is 0. The van der Waals surface area contributed by atoms with Crippen molar-refractivity contribution in [3.63, 3.8) is 0 Å². The van der Waals surface area contributed by atoms with Crippen LogP contribution >= 0.6 is 0 Å². The molecule has 1 atom stereocenters. The van der Waals surface area contributed by atoms with Crippen molar-refractivity contribution in [2.75, 3.05) is 19.7 Å². The molecular formula is C26H30N4O4. The number of para-hydroxylation sites is 1. The van der Waals surface area contributed by atoms with Gasteiger partial charge in [-0.3, -0.25) is 14.5 Å². The topological polar surface area (TPSA) is 96.7 Å². The Kier molecular flexibility index (Phi) is 7.93. The van der Waals surface area contributed by atoms with Gasteiger partial charge in [-0.25, -0.2) is 0 Å². The van der Waals surface area contributed by atoms with Crippen molar-refractivity contribution in [2.45, 2.75) is 38.4 Å². The number of aromatic nitrogens is 2. The highest BCUT2D eigenvalue weighted by Gasteiger charge is 2.31. The van der Waals surface area contributed by atoms with Crippen molar-refractivity contribution >= 4 is 6.41 Å². The Balaban J connectivity index is 1.63. The van der Waals surface area contributed by atoms with Crippen molar-refractivity contribution in [2.24, 2.45) is 0 Å². The maximum Gasteiger partial charge on any atom is 0.315 e. The standard InChI is InChI=1S/C26H30N4O4/c31-19-27-14-16-30-22(13-17-34-21-10-5-2-6-11-21)24(32)26(33)28-25(30)23-12-7-15-29(23)18-20-8-3-1-4-9-20/h1-6,8-11,19,23,32H,7,12-18H2,(H,27,31). The Bertz CT molecular complexity index is 1130. The first-order chi connectivity index (χ1) is 16.7. The number of benzene rings is 2. The van der Waals surface area contributed by atoms with Crippen LogP contribution in [0.25, 0.3) is 0 Å². The summed E-state index contributed by atoms with van der Waals surface area (Å²) in [6.45, 7) is 2.69. The van der Waals surface area contributed by atoms with Gasteiger partial charge in [0.2, 0.25) is 12.2 Å². The molecule has 0 aliphatic carbocycles. The lowest BCUT2D eigenvalue weighted by Crippen LogP contribution is -2.32. The number of aromatic hydroxyl groups is 1. The van der Waals surface area contributed by atoms with E-state index in [9.17, 15) is 14.7 Å². The SMILES string of the molecule is O=CNCCn1c(C2CCCN2Cc2ccccc2)nc(=O)c(O)c1CCOc1ccccc1. The first-order valence-electron chi connectivity index (χ1n) is 11.6. The van der Waals surface area contributed by atoms with Gasteiger partial charge in [0.1, 0.15) is 11.6 Å². The van der Waals surface area contributed by atoms with E-state index in [-0.39, 0.29) is 11.8 Å². The highest BCUT2D eigenvalue weighted by Crippen LogP contribution is 2.33. The van der Waals surface area contributed by atoms with Crippen LogP contribution in [-0.4, -0.2) is 45.7 Å². The highest BCUT2D eigenvalue weighted by atomic mass is 16.5. The zero-order valence-corrected chi connectivity index (χ0v) is 19.1. The number of nitrogens with one attached hydrogen (secondary N) is 1. The number of nitrogens with zero attached hydrogens (tertiary/aromatic N) is 3. The first kappa shape index (κ1) is 23.5. The zero-order valence-electron chi connectivity index (χ0n) is 19.1. The van der Waals surface area contributed by atoms with E-state index in [0.717, 1.165) is 31.7 Å². The molecule has 1 saturated heterocycles. The van der Waals surface area contributed by atoms with E-state index in [0.29, 0.717) is 44.0 Å². The van der Waals surface area contributed by atoms with Crippen molar-refractivity contribution in [3.05, 3.63) is 88.1 Å². The summed E-state index contributed by atoms with van der Waals surface area (Å²) < 4.78 is 7.71. The van der Waals surface area contributed by atoms with Gasteiger partial charge >= 0.3 is 5.56 Å². The van der Waals surface area contributed by atoms with Gasteiger partial charge in [0.25, 0.3) is 0 Å². The molecule has 8 nitrogen and oxygen atoms in total. The van der Waals surface area contributed by atoms with Gasteiger partial charge in [0.15, 0.2) is 0 Å². The Labute approximate surface area is 198 Å². The van der Waals surface area contributed by atoms with Crippen LogP contribution in [0, 0.1) is 0 Å². The van der Waals surface area contributed by atoms with Crippen LogP contribution < -0.4 is 15.6 Å². The number of carbonyl (C=O) groups excluding carboxylic acids is 1. The summed E-state index contributed by atoms with van der Waals surface area (Å²) in [5.74, 6) is 0.982. The lowest BCUT2D eigenvalue weighted by molar-refractivity contribution is -0.109. The minimum absolute atomic E-state index is 0.0569. The maximum absolute atomic E-state index is 12.7. The Morgan fingerprint density at radius 1 is 1.12 bits per heavy atom.